The van der Waals surface area contributed by atoms with Gasteiger partial charge in [-0.2, -0.15) is 0 Å². The van der Waals surface area contributed by atoms with E-state index in [4.69, 9.17) is 4.89 Å². The maximum Gasteiger partial charge on any atom is 0.702 e. The Morgan fingerprint density at radius 2 is 1.26 bits per heavy atom. The van der Waals surface area contributed by atoms with Crippen LogP contribution in [0.4, 0.5) is 9.59 Å². The molecule has 1 unspecified atom stereocenters. The Hall–Kier alpha value is -1.44. The lowest BCUT2D eigenvalue weighted by molar-refractivity contribution is -0.206. The first-order chi connectivity index (χ1) is 8.70. The molecule has 0 aliphatic heterocycles. The minimum Gasteiger partial charge on any atom is -0.431 e. The first-order valence-electron chi connectivity index (χ1n) is 5.28. The second kappa shape index (κ2) is 8.63. The molecule has 0 aliphatic rings. The lowest BCUT2D eigenvalue weighted by Crippen LogP contribution is -2.28. The van der Waals surface area contributed by atoms with Gasteiger partial charge in [-0.15, -0.1) is 4.89 Å². The van der Waals surface area contributed by atoms with Gasteiger partial charge in [0.15, 0.2) is 0 Å². The van der Waals surface area contributed by atoms with E-state index < -0.39 is 39.2 Å². The van der Waals surface area contributed by atoms with E-state index in [0.717, 1.165) is 0 Å². The average molecular weight is 299 g/mol. The topological polar surface area (TPSA) is 118 Å². The minimum absolute atomic E-state index is 0.487. The van der Waals surface area contributed by atoms with E-state index in [1.807, 2.05) is 0 Å². The van der Waals surface area contributed by atoms with Crippen LogP contribution in [-0.2, 0) is 28.0 Å². The van der Waals surface area contributed by atoms with Gasteiger partial charge >= 0.3 is 27.0 Å². The predicted molar refractivity (Wildman–Crippen MR) is 60.1 cm³/mol. The fraction of sp³-hybridized carbons (Fsp3) is 0.778. The van der Waals surface area contributed by atoms with Crippen LogP contribution in [0.5, 0.6) is 0 Å². The van der Waals surface area contributed by atoms with Crippen LogP contribution < -0.4 is 0 Å². The third kappa shape index (κ3) is 10.2. The summed E-state index contributed by atoms with van der Waals surface area (Å²) < 4.78 is 32.6. The molecule has 0 aromatic rings. The van der Waals surface area contributed by atoms with Crippen LogP contribution in [-0.4, -0.2) is 35.9 Å². The minimum atomic E-state index is -3.16. The summed E-state index contributed by atoms with van der Waals surface area (Å²) in [6.45, 7) is 4.18. The summed E-state index contributed by atoms with van der Waals surface area (Å²) in [6.07, 6.45) is -3.43. The molecule has 0 radical (unpaired) electrons. The van der Waals surface area contributed by atoms with Crippen molar-refractivity contribution in [3.63, 3.8) is 0 Å². The molecule has 19 heavy (non-hydrogen) atoms. The zero-order chi connectivity index (χ0) is 15.0. The van der Waals surface area contributed by atoms with Crippen LogP contribution in [0.2, 0.25) is 0 Å². The van der Waals surface area contributed by atoms with Crippen molar-refractivity contribution in [2.75, 3.05) is 0 Å². The van der Waals surface area contributed by atoms with Gasteiger partial charge in [-0.1, -0.05) is 0 Å². The molecule has 0 saturated carbocycles. The van der Waals surface area contributed by atoms with E-state index >= 15 is 0 Å². The van der Waals surface area contributed by atoms with Gasteiger partial charge in [0.1, 0.15) is 0 Å². The zero-order valence-corrected chi connectivity index (χ0v) is 11.8. The molecule has 0 rings (SSSR count). The quantitative estimate of drug-likeness (QED) is 0.446. The van der Waals surface area contributed by atoms with Crippen molar-refractivity contribution in [2.24, 2.45) is 0 Å². The average Bonchev–Trinajstić information content (AvgIpc) is 2.11. The standard InChI is InChI=1S/C9H15O9P/c1-5(2)14-7(10)16-9(18-19(12)13)17-8(11)15-6(3)4/h5-6,9H,1-4H3/p+1. The Kier molecular flexibility index (Phi) is 7.97. The van der Waals surface area contributed by atoms with Crippen LogP contribution in [0, 0.1) is 0 Å². The normalized spacial score (nSPS) is 11.5. The molecule has 0 fully saturated rings. The molecule has 9 nitrogen and oxygen atoms in total. The van der Waals surface area contributed by atoms with Crippen LogP contribution in [0.3, 0.4) is 0 Å². The summed E-state index contributed by atoms with van der Waals surface area (Å²) in [7, 11) is -3.16. The Balaban J connectivity index is 4.42. The Morgan fingerprint density at radius 1 is 0.895 bits per heavy atom. The van der Waals surface area contributed by atoms with Gasteiger partial charge in [0, 0.05) is 4.57 Å². The molecule has 0 heterocycles. The second-order valence-corrected chi connectivity index (χ2v) is 4.39. The molecule has 0 aliphatic carbocycles. The van der Waals surface area contributed by atoms with Gasteiger partial charge < -0.3 is 18.9 Å². The largest absolute Gasteiger partial charge is 0.702 e. The van der Waals surface area contributed by atoms with Gasteiger partial charge in [-0.05, 0) is 32.2 Å². The molecule has 0 saturated heterocycles. The fourth-order valence-electron chi connectivity index (χ4n) is 0.738. The molecule has 0 amide bonds. The molecule has 10 heteroatoms. The molecular weight excluding hydrogens is 283 g/mol. The van der Waals surface area contributed by atoms with Gasteiger partial charge in [0.05, 0.1) is 12.2 Å². The fourth-order valence-corrected chi connectivity index (χ4v) is 0.972. The Morgan fingerprint density at radius 3 is 1.53 bits per heavy atom. The van der Waals surface area contributed by atoms with Crippen LogP contribution >= 0.6 is 8.25 Å². The molecule has 0 aromatic heterocycles. The van der Waals surface area contributed by atoms with E-state index in [2.05, 4.69) is 23.5 Å². The number of hydrogen-bond acceptors (Lipinski definition) is 8. The van der Waals surface area contributed by atoms with Crippen molar-refractivity contribution in [3.8, 4) is 0 Å². The van der Waals surface area contributed by atoms with Crippen LogP contribution in [0.15, 0.2) is 0 Å². The smallest absolute Gasteiger partial charge is 0.431 e. The number of carbonyl (C=O) groups is 2. The second-order valence-electron chi connectivity index (χ2n) is 3.70. The molecule has 110 valence electrons. The summed E-state index contributed by atoms with van der Waals surface area (Å²) in [6, 6.07) is 0. The summed E-state index contributed by atoms with van der Waals surface area (Å²) in [4.78, 5) is 30.8. The first-order valence-corrected chi connectivity index (χ1v) is 6.41. The highest BCUT2D eigenvalue weighted by Crippen LogP contribution is 2.20. The lowest BCUT2D eigenvalue weighted by atomic mass is 10.5. The molecule has 1 N–H and O–H groups in total. The first kappa shape index (κ1) is 17.6. The van der Waals surface area contributed by atoms with Crippen molar-refractivity contribution in [2.45, 2.75) is 46.4 Å². The third-order valence-electron chi connectivity index (χ3n) is 1.22. The summed E-state index contributed by atoms with van der Waals surface area (Å²) in [5.41, 5.74) is 0. The maximum atomic E-state index is 11.1. The van der Waals surface area contributed by atoms with E-state index in [9.17, 15) is 14.2 Å². The van der Waals surface area contributed by atoms with Gasteiger partial charge in [0.2, 0.25) is 0 Å². The number of rotatable bonds is 6. The predicted octanol–water partition coefficient (Wildman–Crippen LogP) is 2.06. The van der Waals surface area contributed by atoms with Gasteiger partial charge in [0.25, 0.3) is 0 Å². The molecule has 0 bridgehead atoms. The van der Waals surface area contributed by atoms with E-state index in [-0.39, 0.29) is 0 Å². The SMILES string of the molecule is CC(C)OC(=O)OC(OC(=O)OC(C)C)O[P+](=O)O. The van der Waals surface area contributed by atoms with E-state index in [1.54, 1.807) is 27.7 Å². The van der Waals surface area contributed by atoms with Crippen LogP contribution in [0.25, 0.3) is 0 Å². The molecule has 0 spiro atoms. The molecule has 1 atom stereocenters. The third-order valence-corrected chi connectivity index (χ3v) is 1.58. The number of ether oxygens (including phenoxy) is 4. The highest BCUT2D eigenvalue weighted by molar-refractivity contribution is 7.32. The monoisotopic (exact) mass is 299 g/mol. The highest BCUT2D eigenvalue weighted by Gasteiger charge is 2.32. The van der Waals surface area contributed by atoms with Crippen molar-refractivity contribution in [3.05, 3.63) is 0 Å². The van der Waals surface area contributed by atoms with E-state index in [1.165, 1.54) is 0 Å². The van der Waals surface area contributed by atoms with Crippen LogP contribution in [0.1, 0.15) is 27.7 Å². The van der Waals surface area contributed by atoms with Crippen molar-refractivity contribution >= 4 is 20.6 Å². The lowest BCUT2D eigenvalue weighted by Gasteiger charge is -2.14. The van der Waals surface area contributed by atoms with Crippen molar-refractivity contribution in [1.29, 1.82) is 0 Å². The van der Waals surface area contributed by atoms with E-state index in [0.29, 0.717) is 0 Å². The van der Waals surface area contributed by atoms with Gasteiger partial charge in [-0.3, -0.25) is 0 Å². The van der Waals surface area contributed by atoms with Gasteiger partial charge in [-0.25, -0.2) is 9.59 Å². The summed E-state index contributed by atoms with van der Waals surface area (Å²) in [5.74, 6) is 0. The van der Waals surface area contributed by atoms with Crippen molar-refractivity contribution < 1.29 is 42.5 Å². The van der Waals surface area contributed by atoms with Crippen molar-refractivity contribution in [1.82, 2.24) is 0 Å². The zero-order valence-electron chi connectivity index (χ0n) is 10.9. The highest BCUT2D eigenvalue weighted by atomic mass is 31.1. The maximum absolute atomic E-state index is 11.1. The number of hydrogen-bond donors (Lipinski definition) is 1. The number of carbonyl (C=O) groups excluding carboxylic acids is 2. The Bertz CT molecular complexity index is 304. The summed E-state index contributed by atoms with van der Waals surface area (Å²) in [5, 5.41) is 0. The molecular formula is C9H16O9P+. The Labute approximate surface area is 110 Å². The molecule has 0 aromatic carbocycles. The summed E-state index contributed by atoms with van der Waals surface area (Å²) >= 11 is 0.